The summed E-state index contributed by atoms with van der Waals surface area (Å²) in [5, 5.41) is 3.94. The molecule has 3 N–H and O–H groups in total. The van der Waals surface area contributed by atoms with Crippen molar-refractivity contribution in [1.29, 1.82) is 0 Å². The van der Waals surface area contributed by atoms with Crippen molar-refractivity contribution < 1.29 is 9.59 Å². The maximum absolute atomic E-state index is 13.1. The first-order valence-electron chi connectivity index (χ1n) is 9.36. The second kappa shape index (κ2) is 7.59. The van der Waals surface area contributed by atoms with E-state index in [1.807, 2.05) is 30.0 Å². The number of anilines is 1. The Morgan fingerprint density at radius 3 is 2.82 bits per heavy atom. The Labute approximate surface area is 167 Å². The van der Waals surface area contributed by atoms with Crippen LogP contribution in [0.3, 0.4) is 0 Å². The predicted molar refractivity (Wildman–Crippen MR) is 112 cm³/mol. The molecule has 0 spiro atoms. The third-order valence-electron chi connectivity index (χ3n) is 5.12. The molecule has 2 aromatic carbocycles. The van der Waals surface area contributed by atoms with Crippen LogP contribution in [-0.2, 0) is 0 Å². The monoisotopic (exact) mass is 394 g/mol. The first-order valence-corrected chi connectivity index (χ1v) is 10.2. The lowest BCUT2D eigenvalue weighted by atomic mass is 10.0. The van der Waals surface area contributed by atoms with Gasteiger partial charge in [-0.25, -0.2) is 9.78 Å². The average molecular weight is 395 g/mol. The number of hydrogen-bond donors (Lipinski definition) is 2. The lowest BCUT2D eigenvalue weighted by Gasteiger charge is -2.34. The van der Waals surface area contributed by atoms with Crippen LogP contribution in [0.25, 0.3) is 10.2 Å². The predicted octanol–water partition coefficient (Wildman–Crippen LogP) is 4.46. The van der Waals surface area contributed by atoms with E-state index < -0.39 is 5.91 Å². The highest BCUT2D eigenvalue weighted by Gasteiger charge is 2.30. The Morgan fingerprint density at radius 1 is 1.21 bits per heavy atom. The van der Waals surface area contributed by atoms with Gasteiger partial charge in [-0.15, -0.1) is 11.3 Å². The third-order valence-corrected chi connectivity index (χ3v) is 6.26. The van der Waals surface area contributed by atoms with Crippen LogP contribution in [0.1, 0.15) is 46.2 Å². The summed E-state index contributed by atoms with van der Waals surface area (Å²) in [7, 11) is 0. The van der Waals surface area contributed by atoms with Gasteiger partial charge < -0.3 is 16.0 Å². The fourth-order valence-corrected chi connectivity index (χ4v) is 4.68. The Kier molecular flexibility index (Phi) is 5.00. The molecule has 7 heteroatoms. The molecule has 1 aliphatic rings. The summed E-state index contributed by atoms with van der Waals surface area (Å²) in [6.45, 7) is 2.57. The SMILES string of the molecule is Cc1ccc(C(N)=O)cc1NC(=O)N1CCCCC1c1nc2ccccc2s1. The number of fused-ring (bicyclic) bond motifs is 1. The van der Waals surface area contributed by atoms with Gasteiger partial charge in [0.1, 0.15) is 5.01 Å². The van der Waals surface area contributed by atoms with Gasteiger partial charge >= 0.3 is 6.03 Å². The molecule has 1 aliphatic heterocycles. The minimum absolute atomic E-state index is 0.0363. The third kappa shape index (κ3) is 3.57. The molecule has 0 saturated carbocycles. The van der Waals surface area contributed by atoms with Gasteiger partial charge in [0.05, 0.1) is 16.3 Å². The molecule has 0 radical (unpaired) electrons. The second-order valence-corrected chi connectivity index (χ2v) is 8.11. The van der Waals surface area contributed by atoms with Gasteiger partial charge in [0, 0.05) is 17.8 Å². The molecular formula is C21H22N4O2S. The molecule has 144 valence electrons. The normalized spacial score (nSPS) is 16.9. The zero-order chi connectivity index (χ0) is 19.7. The number of amides is 3. The van der Waals surface area contributed by atoms with Crippen LogP contribution in [0.2, 0.25) is 0 Å². The highest BCUT2D eigenvalue weighted by molar-refractivity contribution is 7.18. The molecule has 6 nitrogen and oxygen atoms in total. The molecule has 1 saturated heterocycles. The summed E-state index contributed by atoms with van der Waals surface area (Å²) in [6, 6.07) is 12.9. The number of nitrogens with one attached hydrogen (secondary N) is 1. The number of urea groups is 1. The van der Waals surface area contributed by atoms with Crippen LogP contribution in [0.5, 0.6) is 0 Å². The smallest absolute Gasteiger partial charge is 0.322 e. The van der Waals surface area contributed by atoms with Crippen molar-refractivity contribution in [3.05, 3.63) is 58.6 Å². The second-order valence-electron chi connectivity index (χ2n) is 7.05. The number of hydrogen-bond acceptors (Lipinski definition) is 4. The summed E-state index contributed by atoms with van der Waals surface area (Å²) < 4.78 is 1.13. The lowest BCUT2D eigenvalue weighted by molar-refractivity contribution is 0.1000. The van der Waals surface area contributed by atoms with E-state index in [1.165, 1.54) is 0 Å². The summed E-state index contributed by atoms with van der Waals surface area (Å²) >= 11 is 1.65. The van der Waals surface area contributed by atoms with E-state index in [0.717, 1.165) is 40.1 Å². The topological polar surface area (TPSA) is 88.3 Å². The maximum Gasteiger partial charge on any atom is 0.322 e. The van der Waals surface area contributed by atoms with Crippen LogP contribution in [0.15, 0.2) is 42.5 Å². The fourth-order valence-electron chi connectivity index (χ4n) is 3.56. The molecule has 4 rings (SSSR count). The summed E-state index contributed by atoms with van der Waals surface area (Å²) in [6.07, 6.45) is 2.93. The summed E-state index contributed by atoms with van der Waals surface area (Å²) in [5.41, 5.74) is 8.21. The van der Waals surface area contributed by atoms with Gasteiger partial charge in [-0.2, -0.15) is 0 Å². The highest BCUT2D eigenvalue weighted by atomic mass is 32.1. The van der Waals surface area contributed by atoms with Crippen molar-refractivity contribution in [3.63, 3.8) is 0 Å². The quantitative estimate of drug-likeness (QED) is 0.687. The van der Waals surface area contributed by atoms with Crippen molar-refractivity contribution >= 4 is 39.2 Å². The van der Waals surface area contributed by atoms with E-state index in [-0.39, 0.29) is 12.1 Å². The number of primary amides is 1. The van der Waals surface area contributed by atoms with Crippen molar-refractivity contribution in [1.82, 2.24) is 9.88 Å². The number of rotatable bonds is 3. The molecule has 1 aromatic heterocycles. The molecule has 3 amide bonds. The number of nitrogens with two attached hydrogens (primary N) is 1. The number of aromatic nitrogens is 1. The van der Waals surface area contributed by atoms with Crippen molar-refractivity contribution in [3.8, 4) is 0 Å². The van der Waals surface area contributed by atoms with Gasteiger partial charge in [0.2, 0.25) is 5.91 Å². The van der Waals surface area contributed by atoms with Crippen LogP contribution in [0, 0.1) is 6.92 Å². The zero-order valence-corrected chi connectivity index (χ0v) is 16.5. The number of carbonyl (C=O) groups is 2. The Balaban J connectivity index is 1.60. The Bertz CT molecular complexity index is 1010. The minimum Gasteiger partial charge on any atom is -0.366 e. The van der Waals surface area contributed by atoms with Crippen molar-refractivity contribution in [2.45, 2.75) is 32.2 Å². The van der Waals surface area contributed by atoms with Gasteiger partial charge in [-0.1, -0.05) is 18.2 Å². The largest absolute Gasteiger partial charge is 0.366 e. The Morgan fingerprint density at radius 2 is 2.04 bits per heavy atom. The number of piperidine rings is 1. The zero-order valence-electron chi connectivity index (χ0n) is 15.6. The number of aryl methyl sites for hydroxylation is 1. The van der Waals surface area contributed by atoms with Crippen LogP contribution in [-0.4, -0.2) is 28.4 Å². The molecule has 3 aromatic rings. The van der Waals surface area contributed by atoms with E-state index >= 15 is 0 Å². The number of benzene rings is 2. The maximum atomic E-state index is 13.1. The van der Waals surface area contributed by atoms with E-state index in [2.05, 4.69) is 11.4 Å². The fraction of sp³-hybridized carbons (Fsp3) is 0.286. The Hall–Kier alpha value is -2.93. The number of nitrogens with zero attached hydrogens (tertiary/aromatic N) is 2. The van der Waals surface area contributed by atoms with Gasteiger partial charge in [-0.3, -0.25) is 4.79 Å². The van der Waals surface area contributed by atoms with E-state index in [4.69, 9.17) is 10.7 Å². The van der Waals surface area contributed by atoms with Crippen molar-refractivity contribution in [2.75, 3.05) is 11.9 Å². The van der Waals surface area contributed by atoms with Gasteiger partial charge in [-0.05, 0) is 56.0 Å². The average Bonchev–Trinajstić information content (AvgIpc) is 3.13. The van der Waals surface area contributed by atoms with Crippen molar-refractivity contribution in [2.24, 2.45) is 5.73 Å². The molecule has 28 heavy (non-hydrogen) atoms. The molecule has 0 bridgehead atoms. The minimum atomic E-state index is -0.513. The van der Waals surface area contributed by atoms with E-state index in [9.17, 15) is 9.59 Å². The number of likely N-dealkylation sites (tertiary alicyclic amines) is 1. The molecule has 2 heterocycles. The van der Waals surface area contributed by atoms with Crippen LogP contribution >= 0.6 is 11.3 Å². The highest BCUT2D eigenvalue weighted by Crippen LogP contribution is 2.36. The number of thiazole rings is 1. The molecule has 1 unspecified atom stereocenters. The summed E-state index contributed by atoms with van der Waals surface area (Å²) in [4.78, 5) is 31.2. The first-order chi connectivity index (χ1) is 13.5. The molecule has 1 fully saturated rings. The standard InChI is InChI=1S/C21H22N4O2S/c1-13-9-10-14(19(22)26)12-16(13)24-21(27)25-11-5-4-7-17(25)20-23-15-6-2-3-8-18(15)28-20/h2-3,6,8-10,12,17H,4-5,7,11H2,1H3,(H2,22,26)(H,24,27). The number of carbonyl (C=O) groups excluding carboxylic acids is 2. The van der Waals surface area contributed by atoms with Crippen LogP contribution in [0.4, 0.5) is 10.5 Å². The first kappa shape index (κ1) is 18.4. The van der Waals surface area contributed by atoms with Gasteiger partial charge in [0.15, 0.2) is 0 Å². The molecule has 1 atom stereocenters. The van der Waals surface area contributed by atoms with Crippen LogP contribution < -0.4 is 11.1 Å². The van der Waals surface area contributed by atoms with Gasteiger partial charge in [0.25, 0.3) is 0 Å². The molecule has 0 aliphatic carbocycles. The lowest BCUT2D eigenvalue weighted by Crippen LogP contribution is -2.41. The summed E-state index contributed by atoms with van der Waals surface area (Å²) in [5.74, 6) is -0.513. The van der Waals surface area contributed by atoms with E-state index in [1.54, 1.807) is 29.5 Å². The molecular weight excluding hydrogens is 372 g/mol. The van der Waals surface area contributed by atoms with E-state index in [0.29, 0.717) is 17.8 Å². The number of para-hydroxylation sites is 1.